The summed E-state index contributed by atoms with van der Waals surface area (Å²) >= 11 is 3.49. The Bertz CT molecular complexity index is 466. The molecule has 1 fully saturated rings. The molecule has 1 aliphatic heterocycles. The molecule has 116 valence electrons. The van der Waals surface area contributed by atoms with E-state index in [1.165, 1.54) is 12.0 Å². The SMILES string of the molecule is Cc1cc(Br)cc(NC(CN)CC(=O)N2CCCCC2)c1. The molecular formula is C16H24BrN3O. The summed E-state index contributed by atoms with van der Waals surface area (Å²) in [5.74, 6) is 0.212. The standard InChI is InChI=1S/C16H24BrN3O/c1-12-7-13(17)9-14(8-12)19-15(11-18)10-16(21)20-5-3-2-4-6-20/h7-9,15,19H,2-6,10-11,18H2,1H3. The van der Waals surface area contributed by atoms with Crippen molar-refractivity contribution in [2.45, 2.75) is 38.6 Å². The first-order valence-electron chi connectivity index (χ1n) is 7.60. The predicted octanol–water partition coefficient (Wildman–Crippen LogP) is 2.90. The zero-order valence-corrected chi connectivity index (χ0v) is 14.2. The van der Waals surface area contributed by atoms with Gasteiger partial charge in [-0.3, -0.25) is 4.79 Å². The third kappa shape index (κ3) is 5.00. The van der Waals surface area contributed by atoms with Crippen molar-refractivity contribution in [3.8, 4) is 0 Å². The molecule has 1 saturated heterocycles. The van der Waals surface area contributed by atoms with Crippen LogP contribution in [0.1, 0.15) is 31.2 Å². The summed E-state index contributed by atoms with van der Waals surface area (Å²) in [5.41, 5.74) is 8.00. The van der Waals surface area contributed by atoms with Gasteiger partial charge in [0.15, 0.2) is 0 Å². The number of likely N-dealkylation sites (tertiary alicyclic amines) is 1. The number of halogens is 1. The van der Waals surface area contributed by atoms with Crippen molar-refractivity contribution in [2.75, 3.05) is 25.0 Å². The highest BCUT2D eigenvalue weighted by atomic mass is 79.9. The molecule has 21 heavy (non-hydrogen) atoms. The molecule has 1 amide bonds. The third-order valence-corrected chi connectivity index (χ3v) is 4.29. The van der Waals surface area contributed by atoms with Crippen molar-refractivity contribution >= 4 is 27.5 Å². The molecule has 1 aromatic rings. The van der Waals surface area contributed by atoms with Gasteiger partial charge in [0.25, 0.3) is 0 Å². The van der Waals surface area contributed by atoms with E-state index in [-0.39, 0.29) is 11.9 Å². The molecule has 0 aromatic heterocycles. The van der Waals surface area contributed by atoms with Gasteiger partial charge >= 0.3 is 0 Å². The maximum absolute atomic E-state index is 12.3. The van der Waals surface area contributed by atoms with Crippen LogP contribution in [0.25, 0.3) is 0 Å². The molecule has 2 rings (SSSR count). The average Bonchev–Trinajstić information content (AvgIpc) is 2.46. The summed E-state index contributed by atoms with van der Waals surface area (Å²) in [4.78, 5) is 14.3. The van der Waals surface area contributed by atoms with Crippen LogP contribution in [0.3, 0.4) is 0 Å². The van der Waals surface area contributed by atoms with E-state index in [2.05, 4.69) is 33.4 Å². The van der Waals surface area contributed by atoms with Crippen LogP contribution < -0.4 is 11.1 Å². The molecule has 0 bridgehead atoms. The number of nitrogens with zero attached hydrogens (tertiary/aromatic N) is 1. The summed E-state index contributed by atoms with van der Waals surface area (Å²) < 4.78 is 1.03. The van der Waals surface area contributed by atoms with Crippen LogP contribution in [0.2, 0.25) is 0 Å². The monoisotopic (exact) mass is 353 g/mol. The molecule has 1 aliphatic rings. The molecule has 0 saturated carbocycles. The number of nitrogens with one attached hydrogen (secondary N) is 1. The number of piperidine rings is 1. The van der Waals surface area contributed by atoms with E-state index >= 15 is 0 Å². The second-order valence-corrected chi connectivity index (χ2v) is 6.66. The fourth-order valence-electron chi connectivity index (χ4n) is 2.73. The minimum atomic E-state index is -0.0203. The second-order valence-electron chi connectivity index (χ2n) is 5.74. The number of nitrogens with two attached hydrogens (primary N) is 1. The number of hydrogen-bond donors (Lipinski definition) is 2. The van der Waals surface area contributed by atoms with Gasteiger partial charge in [-0.15, -0.1) is 0 Å². The van der Waals surface area contributed by atoms with Gasteiger partial charge in [-0.1, -0.05) is 15.9 Å². The first-order valence-corrected chi connectivity index (χ1v) is 8.39. The Hall–Kier alpha value is -1.07. The van der Waals surface area contributed by atoms with Gasteiger partial charge < -0.3 is 16.0 Å². The van der Waals surface area contributed by atoms with Crippen LogP contribution in [0.15, 0.2) is 22.7 Å². The first kappa shape index (κ1) is 16.3. The van der Waals surface area contributed by atoms with Gasteiger partial charge in [-0.05, 0) is 49.9 Å². The number of hydrogen-bond acceptors (Lipinski definition) is 3. The molecule has 3 N–H and O–H groups in total. The first-order chi connectivity index (χ1) is 10.1. The molecule has 5 heteroatoms. The lowest BCUT2D eigenvalue weighted by molar-refractivity contribution is -0.132. The lowest BCUT2D eigenvalue weighted by atomic mass is 10.1. The van der Waals surface area contributed by atoms with Crippen molar-refractivity contribution in [2.24, 2.45) is 5.73 Å². The van der Waals surface area contributed by atoms with Crippen LogP contribution in [-0.2, 0) is 4.79 Å². The van der Waals surface area contributed by atoms with E-state index in [4.69, 9.17) is 5.73 Å². The highest BCUT2D eigenvalue weighted by Crippen LogP contribution is 2.20. The Morgan fingerprint density at radius 1 is 1.33 bits per heavy atom. The molecule has 1 unspecified atom stereocenters. The van der Waals surface area contributed by atoms with Gasteiger partial charge in [-0.25, -0.2) is 0 Å². The number of benzene rings is 1. The number of carbonyl (C=O) groups excluding carboxylic acids is 1. The molecule has 0 radical (unpaired) electrons. The van der Waals surface area contributed by atoms with Gasteiger partial charge in [-0.2, -0.15) is 0 Å². The molecule has 1 atom stereocenters. The van der Waals surface area contributed by atoms with Crippen molar-refractivity contribution in [3.63, 3.8) is 0 Å². The van der Waals surface area contributed by atoms with E-state index < -0.39 is 0 Å². The van der Waals surface area contributed by atoms with Gasteiger partial charge in [0.05, 0.1) is 0 Å². The largest absolute Gasteiger partial charge is 0.380 e. The van der Waals surface area contributed by atoms with E-state index in [1.807, 2.05) is 17.9 Å². The number of anilines is 1. The lowest BCUT2D eigenvalue weighted by Gasteiger charge is -2.28. The maximum Gasteiger partial charge on any atom is 0.224 e. The fraction of sp³-hybridized carbons (Fsp3) is 0.562. The highest BCUT2D eigenvalue weighted by molar-refractivity contribution is 9.10. The second kappa shape index (κ2) is 7.80. The summed E-state index contributed by atoms with van der Waals surface area (Å²) in [6.45, 7) is 4.29. The minimum Gasteiger partial charge on any atom is -0.380 e. The van der Waals surface area contributed by atoms with Crippen molar-refractivity contribution in [1.82, 2.24) is 4.90 Å². The van der Waals surface area contributed by atoms with E-state index in [1.54, 1.807) is 0 Å². The highest BCUT2D eigenvalue weighted by Gasteiger charge is 2.20. The number of carbonyl (C=O) groups is 1. The summed E-state index contributed by atoms with van der Waals surface area (Å²) in [6.07, 6.45) is 3.94. The van der Waals surface area contributed by atoms with Crippen molar-refractivity contribution < 1.29 is 4.79 Å². The molecule has 0 aliphatic carbocycles. The molecular weight excluding hydrogens is 330 g/mol. The Morgan fingerprint density at radius 2 is 2.05 bits per heavy atom. The summed E-state index contributed by atoms with van der Waals surface area (Å²) in [6, 6.07) is 6.12. The zero-order chi connectivity index (χ0) is 15.2. The molecule has 0 spiro atoms. The van der Waals surface area contributed by atoms with Crippen LogP contribution in [-0.4, -0.2) is 36.5 Å². The van der Waals surface area contributed by atoms with E-state index in [0.29, 0.717) is 13.0 Å². The zero-order valence-electron chi connectivity index (χ0n) is 12.6. The van der Waals surface area contributed by atoms with Crippen molar-refractivity contribution in [1.29, 1.82) is 0 Å². The van der Waals surface area contributed by atoms with Crippen LogP contribution in [0.5, 0.6) is 0 Å². The third-order valence-electron chi connectivity index (χ3n) is 3.83. The Morgan fingerprint density at radius 3 is 2.67 bits per heavy atom. The Kier molecular flexibility index (Phi) is 6.06. The molecule has 4 nitrogen and oxygen atoms in total. The van der Waals surface area contributed by atoms with Gasteiger partial charge in [0, 0.05) is 42.3 Å². The van der Waals surface area contributed by atoms with Crippen LogP contribution in [0.4, 0.5) is 5.69 Å². The average molecular weight is 354 g/mol. The number of aryl methyl sites for hydroxylation is 1. The normalized spacial score (nSPS) is 16.6. The quantitative estimate of drug-likeness (QED) is 0.855. The minimum absolute atomic E-state index is 0.0203. The molecule has 1 heterocycles. The van der Waals surface area contributed by atoms with E-state index in [9.17, 15) is 4.79 Å². The van der Waals surface area contributed by atoms with Gasteiger partial charge in [0.1, 0.15) is 0 Å². The maximum atomic E-state index is 12.3. The number of amides is 1. The van der Waals surface area contributed by atoms with E-state index in [0.717, 1.165) is 36.1 Å². The topological polar surface area (TPSA) is 58.4 Å². The summed E-state index contributed by atoms with van der Waals surface area (Å²) in [7, 11) is 0. The summed E-state index contributed by atoms with van der Waals surface area (Å²) in [5, 5.41) is 3.38. The Labute approximate surface area is 135 Å². The smallest absolute Gasteiger partial charge is 0.224 e. The fourth-order valence-corrected chi connectivity index (χ4v) is 3.34. The number of rotatable bonds is 5. The van der Waals surface area contributed by atoms with Crippen LogP contribution in [0, 0.1) is 6.92 Å². The van der Waals surface area contributed by atoms with Gasteiger partial charge in [0.2, 0.25) is 5.91 Å². The lowest BCUT2D eigenvalue weighted by Crippen LogP contribution is -2.40. The van der Waals surface area contributed by atoms with Crippen LogP contribution >= 0.6 is 15.9 Å². The van der Waals surface area contributed by atoms with Crippen molar-refractivity contribution in [3.05, 3.63) is 28.2 Å². The predicted molar refractivity (Wildman–Crippen MR) is 90.4 cm³/mol. The molecule has 1 aromatic carbocycles. The Balaban J connectivity index is 1.94.